The molecule has 0 fully saturated rings. The molecule has 4 aromatic heterocycles. The van der Waals surface area contributed by atoms with E-state index in [9.17, 15) is 0 Å². The summed E-state index contributed by atoms with van der Waals surface area (Å²) in [5.41, 5.74) is 12.8. The zero-order chi connectivity index (χ0) is 36.1. The van der Waals surface area contributed by atoms with Crippen LogP contribution in [0.5, 0.6) is 0 Å². The average molecular weight is 695 g/mol. The Morgan fingerprint density at radius 3 is 0.926 bits per heavy atom. The fourth-order valence-corrected chi connectivity index (χ4v) is 6.27. The molecule has 0 aliphatic carbocycles. The second-order valence-corrected chi connectivity index (χ2v) is 12.6. The molecule has 254 valence electrons. The minimum Gasteiger partial charge on any atom is -0.261 e. The maximum Gasteiger partial charge on any atom is 0.160 e. The standard InChI is InChI=1S/C46H30N8/c1-3-7-37(8-4-1)45-51-39(27-41(53-45)43-29-47-23-25-49-43)35-19-15-33(16-20-35)31-11-13-32(14-12-31)34-17-21-36(22-18-34)40-28-42(44-30-48-24-26-50-44)54-46(52-40)38-9-5-2-6-10-38/h1-30H. The van der Waals surface area contributed by atoms with Gasteiger partial charge in [-0.05, 0) is 34.4 Å². The lowest BCUT2D eigenvalue weighted by molar-refractivity contribution is 1.14. The van der Waals surface area contributed by atoms with Crippen molar-refractivity contribution in [2.45, 2.75) is 0 Å². The summed E-state index contributed by atoms with van der Waals surface area (Å²) in [6, 6.07) is 49.5. The van der Waals surface area contributed by atoms with Crippen molar-refractivity contribution < 1.29 is 0 Å². The van der Waals surface area contributed by atoms with Gasteiger partial charge < -0.3 is 0 Å². The molecule has 0 saturated heterocycles. The normalized spacial score (nSPS) is 11.0. The topological polar surface area (TPSA) is 103 Å². The Morgan fingerprint density at radius 2 is 0.593 bits per heavy atom. The van der Waals surface area contributed by atoms with Crippen molar-refractivity contribution in [3.05, 3.63) is 183 Å². The molecule has 0 bridgehead atoms. The smallest absolute Gasteiger partial charge is 0.160 e. The van der Waals surface area contributed by atoms with E-state index >= 15 is 0 Å². The van der Waals surface area contributed by atoms with Crippen LogP contribution >= 0.6 is 0 Å². The van der Waals surface area contributed by atoms with E-state index in [0.717, 1.165) is 67.3 Å². The first-order valence-electron chi connectivity index (χ1n) is 17.5. The molecule has 8 heteroatoms. The fraction of sp³-hybridized carbons (Fsp3) is 0. The van der Waals surface area contributed by atoms with Gasteiger partial charge in [-0.3, -0.25) is 19.9 Å². The summed E-state index contributed by atoms with van der Waals surface area (Å²) in [6.45, 7) is 0. The Morgan fingerprint density at radius 1 is 0.259 bits per heavy atom. The molecule has 0 atom stereocenters. The highest BCUT2D eigenvalue weighted by molar-refractivity contribution is 5.76. The number of hydrogen-bond acceptors (Lipinski definition) is 8. The van der Waals surface area contributed by atoms with Gasteiger partial charge in [0.2, 0.25) is 0 Å². The number of aromatic nitrogens is 8. The van der Waals surface area contributed by atoms with Crippen LogP contribution in [-0.2, 0) is 0 Å². The highest BCUT2D eigenvalue weighted by Crippen LogP contribution is 2.32. The number of nitrogens with zero attached hydrogens (tertiary/aromatic N) is 8. The molecule has 8 nitrogen and oxygen atoms in total. The molecule has 0 aliphatic heterocycles. The van der Waals surface area contributed by atoms with E-state index in [1.165, 1.54) is 0 Å². The molecule has 0 aliphatic rings. The van der Waals surface area contributed by atoms with Crippen molar-refractivity contribution in [3.8, 4) is 90.3 Å². The van der Waals surface area contributed by atoms with E-state index in [4.69, 9.17) is 19.9 Å². The van der Waals surface area contributed by atoms with Gasteiger partial charge in [0, 0.05) is 47.0 Å². The molecular weight excluding hydrogens is 665 g/mol. The van der Waals surface area contributed by atoms with Crippen molar-refractivity contribution in [2.24, 2.45) is 0 Å². The Bertz CT molecular complexity index is 2350. The lowest BCUT2D eigenvalue weighted by atomic mass is 9.98. The monoisotopic (exact) mass is 694 g/mol. The summed E-state index contributed by atoms with van der Waals surface area (Å²) < 4.78 is 0. The third-order valence-corrected chi connectivity index (χ3v) is 9.08. The van der Waals surface area contributed by atoms with Crippen LogP contribution in [0.3, 0.4) is 0 Å². The highest BCUT2D eigenvalue weighted by Gasteiger charge is 2.14. The predicted molar refractivity (Wildman–Crippen MR) is 212 cm³/mol. The third kappa shape index (κ3) is 6.87. The lowest BCUT2D eigenvalue weighted by Crippen LogP contribution is -1.97. The SMILES string of the molecule is c1ccc(-c2nc(-c3ccc(-c4ccc(-c5ccc(-c6cc(-c7cnccn7)nc(-c7ccccc7)n6)cc5)cc4)cc3)cc(-c3cnccn3)n2)cc1. The Kier molecular flexibility index (Phi) is 8.73. The third-order valence-electron chi connectivity index (χ3n) is 9.08. The summed E-state index contributed by atoms with van der Waals surface area (Å²) in [5.74, 6) is 1.28. The van der Waals surface area contributed by atoms with E-state index in [-0.39, 0.29) is 0 Å². The van der Waals surface area contributed by atoms with Gasteiger partial charge in [-0.1, -0.05) is 133 Å². The molecular formula is C46H30N8. The lowest BCUT2D eigenvalue weighted by Gasteiger charge is -2.10. The van der Waals surface area contributed by atoms with Crippen LogP contribution < -0.4 is 0 Å². The quantitative estimate of drug-likeness (QED) is 0.155. The molecule has 0 radical (unpaired) electrons. The van der Waals surface area contributed by atoms with Crippen LogP contribution in [0.15, 0.2) is 183 Å². The van der Waals surface area contributed by atoms with Crippen molar-refractivity contribution >= 4 is 0 Å². The number of benzene rings is 5. The first-order chi connectivity index (χ1) is 26.7. The average Bonchev–Trinajstić information content (AvgIpc) is 3.27. The van der Waals surface area contributed by atoms with E-state index in [0.29, 0.717) is 23.0 Å². The molecule has 0 amide bonds. The summed E-state index contributed by atoms with van der Waals surface area (Å²) in [4.78, 5) is 37.0. The predicted octanol–water partition coefficient (Wildman–Crippen LogP) is 10.2. The van der Waals surface area contributed by atoms with Crippen molar-refractivity contribution in [1.29, 1.82) is 0 Å². The number of rotatable bonds is 8. The molecule has 54 heavy (non-hydrogen) atoms. The van der Waals surface area contributed by atoms with Gasteiger partial charge in [-0.2, -0.15) is 0 Å². The van der Waals surface area contributed by atoms with Crippen LogP contribution in [-0.4, -0.2) is 39.9 Å². The van der Waals surface area contributed by atoms with Crippen molar-refractivity contribution in [3.63, 3.8) is 0 Å². The first-order valence-corrected chi connectivity index (χ1v) is 17.5. The molecule has 0 spiro atoms. The molecule has 5 aromatic carbocycles. The maximum atomic E-state index is 4.94. The molecule has 0 unspecified atom stereocenters. The van der Waals surface area contributed by atoms with Crippen LogP contribution in [0.1, 0.15) is 0 Å². The van der Waals surface area contributed by atoms with Gasteiger partial charge >= 0.3 is 0 Å². The van der Waals surface area contributed by atoms with Crippen LogP contribution in [0.2, 0.25) is 0 Å². The van der Waals surface area contributed by atoms with Crippen molar-refractivity contribution in [2.75, 3.05) is 0 Å². The van der Waals surface area contributed by atoms with Gasteiger partial charge in [0.05, 0.1) is 35.2 Å². The van der Waals surface area contributed by atoms with Crippen LogP contribution in [0, 0.1) is 0 Å². The van der Waals surface area contributed by atoms with Crippen molar-refractivity contribution in [1.82, 2.24) is 39.9 Å². The van der Waals surface area contributed by atoms with Crippen LogP contribution in [0.25, 0.3) is 90.3 Å². The van der Waals surface area contributed by atoms with E-state index in [1.807, 2.05) is 72.8 Å². The summed E-state index contributed by atoms with van der Waals surface area (Å²) >= 11 is 0. The van der Waals surface area contributed by atoms with E-state index < -0.39 is 0 Å². The Labute approximate surface area is 312 Å². The summed E-state index contributed by atoms with van der Waals surface area (Å²) in [5, 5.41) is 0. The molecule has 4 heterocycles. The molecule has 0 saturated carbocycles. The second-order valence-electron chi connectivity index (χ2n) is 12.6. The minimum atomic E-state index is 0.641. The Balaban J connectivity index is 0.968. The summed E-state index contributed by atoms with van der Waals surface area (Å²) in [7, 11) is 0. The summed E-state index contributed by atoms with van der Waals surface area (Å²) in [6.07, 6.45) is 10.1. The Hall–Kier alpha value is -7.58. The maximum absolute atomic E-state index is 4.94. The number of hydrogen-bond donors (Lipinski definition) is 0. The second kappa shape index (κ2) is 14.6. The highest BCUT2D eigenvalue weighted by atomic mass is 14.9. The molecule has 0 N–H and O–H groups in total. The van der Waals surface area contributed by atoms with E-state index in [2.05, 4.69) is 92.7 Å². The molecule has 9 rings (SSSR count). The minimum absolute atomic E-state index is 0.641. The van der Waals surface area contributed by atoms with Gasteiger partial charge in [-0.15, -0.1) is 0 Å². The van der Waals surface area contributed by atoms with E-state index in [1.54, 1.807) is 37.2 Å². The zero-order valence-electron chi connectivity index (χ0n) is 28.9. The van der Waals surface area contributed by atoms with Gasteiger partial charge in [0.1, 0.15) is 11.4 Å². The van der Waals surface area contributed by atoms with Gasteiger partial charge in [0.25, 0.3) is 0 Å². The molecule has 9 aromatic rings. The first kappa shape index (κ1) is 32.3. The largest absolute Gasteiger partial charge is 0.261 e. The van der Waals surface area contributed by atoms with Crippen LogP contribution in [0.4, 0.5) is 0 Å². The zero-order valence-corrected chi connectivity index (χ0v) is 28.9. The van der Waals surface area contributed by atoms with Gasteiger partial charge in [-0.25, -0.2) is 19.9 Å². The van der Waals surface area contributed by atoms with Gasteiger partial charge in [0.15, 0.2) is 11.6 Å². The fourth-order valence-electron chi connectivity index (χ4n) is 6.27.